The summed E-state index contributed by atoms with van der Waals surface area (Å²) in [4.78, 5) is 35.5. The molecule has 8 rings (SSSR count). The van der Waals surface area contributed by atoms with Gasteiger partial charge in [0.1, 0.15) is 6.07 Å². The average Bonchev–Trinajstić information content (AvgIpc) is 3.71. The maximum atomic E-state index is 12.4. The summed E-state index contributed by atoms with van der Waals surface area (Å²) in [7, 11) is 0. The van der Waals surface area contributed by atoms with E-state index in [4.69, 9.17) is 4.98 Å². The number of nitrogens with zero attached hydrogens (tertiary/aromatic N) is 9. The summed E-state index contributed by atoms with van der Waals surface area (Å²) in [6.07, 6.45) is 10.1. The number of fused-ring (bicyclic) bond motifs is 1. The first kappa shape index (κ1) is 35.6. The molecule has 2 N–H and O–H groups in total. The lowest BCUT2D eigenvalue weighted by atomic mass is 9.92. The summed E-state index contributed by atoms with van der Waals surface area (Å²) in [6.45, 7) is 9.09. The van der Waals surface area contributed by atoms with E-state index in [1.165, 1.54) is 5.69 Å². The highest BCUT2D eigenvalue weighted by Gasteiger charge is 2.28. The molecule has 14 heteroatoms. The van der Waals surface area contributed by atoms with Gasteiger partial charge in [0.15, 0.2) is 5.01 Å². The second kappa shape index (κ2) is 15.9. The lowest BCUT2D eigenvalue weighted by molar-refractivity contribution is -0.126. The van der Waals surface area contributed by atoms with Crippen LogP contribution in [0.1, 0.15) is 62.5 Å². The van der Waals surface area contributed by atoms with Crippen molar-refractivity contribution in [3.8, 4) is 28.0 Å². The molecule has 0 bridgehead atoms. The number of aromatic nitrogens is 5. The molecule has 3 aliphatic rings. The fourth-order valence-electron chi connectivity index (χ4n) is 7.71. The van der Waals surface area contributed by atoms with Crippen molar-refractivity contribution in [2.75, 3.05) is 60.9 Å². The zero-order valence-electron chi connectivity index (χ0n) is 30.5. The fourth-order valence-corrected chi connectivity index (χ4v) is 8.63. The summed E-state index contributed by atoms with van der Waals surface area (Å²) in [5.41, 5.74) is 7.17. The number of piperidine rings is 1. The Bertz CT molecular complexity index is 2140. The van der Waals surface area contributed by atoms with Crippen LogP contribution in [0.3, 0.4) is 0 Å². The maximum Gasteiger partial charge on any atom is 0.233 e. The predicted octanol–water partition coefficient (Wildman–Crippen LogP) is 5.56. The van der Waals surface area contributed by atoms with Gasteiger partial charge >= 0.3 is 0 Å². The van der Waals surface area contributed by atoms with Crippen LogP contribution in [-0.2, 0) is 9.59 Å². The molecule has 278 valence electrons. The SMILES string of the molecule is CCCC(C(=O)NC=O)c1ccc(N2CCC(CN3CCN(c4nnc(-c5cnc(-c6ccc7cc(C#N)cnn67)cc5NC5CC5)s4)CC3)CC2)cc1. The number of rotatable bonds is 13. The van der Waals surface area contributed by atoms with Crippen LogP contribution in [0.5, 0.6) is 0 Å². The molecule has 6 heterocycles. The van der Waals surface area contributed by atoms with Gasteiger partial charge in [-0.25, -0.2) is 4.52 Å². The number of carbonyl (C=O) groups excluding carboxylic acids is 2. The third kappa shape index (κ3) is 7.78. The highest BCUT2D eigenvalue weighted by Crippen LogP contribution is 2.38. The van der Waals surface area contributed by atoms with E-state index in [2.05, 4.69) is 71.8 Å². The topological polar surface area (TPSA) is 148 Å². The average molecular weight is 744 g/mol. The lowest BCUT2D eigenvalue weighted by Gasteiger charge is -2.39. The smallest absolute Gasteiger partial charge is 0.233 e. The number of hydrogen-bond acceptors (Lipinski definition) is 12. The van der Waals surface area contributed by atoms with Crippen LogP contribution >= 0.6 is 11.3 Å². The number of anilines is 3. The van der Waals surface area contributed by atoms with Gasteiger partial charge in [-0.15, -0.1) is 10.2 Å². The predicted molar refractivity (Wildman–Crippen MR) is 211 cm³/mol. The summed E-state index contributed by atoms with van der Waals surface area (Å²) in [5, 5.41) is 30.9. The van der Waals surface area contributed by atoms with E-state index in [1.807, 2.05) is 41.0 Å². The van der Waals surface area contributed by atoms with Crippen molar-refractivity contribution in [3.05, 3.63) is 72.1 Å². The summed E-state index contributed by atoms with van der Waals surface area (Å²) < 4.78 is 1.82. The highest BCUT2D eigenvalue weighted by atomic mass is 32.1. The van der Waals surface area contributed by atoms with Crippen molar-refractivity contribution in [1.82, 2.24) is 35.0 Å². The Hall–Kier alpha value is -5.39. The molecule has 2 amide bonds. The monoisotopic (exact) mass is 743 g/mol. The van der Waals surface area contributed by atoms with Crippen molar-refractivity contribution < 1.29 is 9.59 Å². The van der Waals surface area contributed by atoms with E-state index in [0.717, 1.165) is 122 Å². The Morgan fingerprint density at radius 2 is 1.78 bits per heavy atom. The minimum absolute atomic E-state index is 0.233. The van der Waals surface area contributed by atoms with Gasteiger partial charge in [-0.1, -0.05) is 36.8 Å². The second-order valence-electron chi connectivity index (χ2n) is 14.6. The maximum absolute atomic E-state index is 12.4. The van der Waals surface area contributed by atoms with Crippen LogP contribution in [0, 0.1) is 17.2 Å². The normalized spacial score (nSPS) is 17.3. The molecule has 1 saturated carbocycles. The highest BCUT2D eigenvalue weighted by molar-refractivity contribution is 7.18. The quantitative estimate of drug-likeness (QED) is 0.146. The summed E-state index contributed by atoms with van der Waals surface area (Å²) in [6, 6.07) is 18.8. The molecule has 1 atom stereocenters. The fraction of sp³-hybridized carbons (Fsp3) is 0.425. The Kier molecular flexibility index (Phi) is 10.5. The van der Waals surface area contributed by atoms with Crippen LogP contribution in [0.15, 0.2) is 60.9 Å². The molecular weight excluding hydrogens is 699 g/mol. The van der Waals surface area contributed by atoms with Gasteiger partial charge in [-0.2, -0.15) is 10.4 Å². The first-order chi connectivity index (χ1) is 26.5. The molecule has 4 aromatic heterocycles. The largest absolute Gasteiger partial charge is 0.382 e. The number of carbonyl (C=O) groups is 2. The number of nitrogens with one attached hydrogen (secondary N) is 2. The molecule has 0 radical (unpaired) electrons. The molecule has 54 heavy (non-hydrogen) atoms. The van der Waals surface area contributed by atoms with Crippen LogP contribution in [0.2, 0.25) is 0 Å². The molecule has 2 aliphatic heterocycles. The number of nitriles is 1. The van der Waals surface area contributed by atoms with Gasteiger partial charge < -0.3 is 15.1 Å². The number of hydrogen-bond donors (Lipinski definition) is 2. The van der Waals surface area contributed by atoms with E-state index in [9.17, 15) is 14.9 Å². The lowest BCUT2D eigenvalue weighted by Crippen LogP contribution is -2.49. The standard InChI is InChI=1S/C40H45N11O2S/c1-2-3-33(38(53)43-26-52)29-4-8-31(9-5-29)49-14-12-27(13-15-49)25-48-16-18-50(19-17-48)40-47-46-39(54-40)34-24-42-36(21-35(34)45-30-6-7-30)37-11-10-32-20-28(22-41)23-44-51(32)37/h4-5,8-11,20-21,23-24,26-27,30,33H,2-3,6-7,12-19,25H2,1H3,(H,42,45)(H,43,52,53). The van der Waals surface area contributed by atoms with E-state index in [0.29, 0.717) is 30.4 Å². The van der Waals surface area contributed by atoms with Gasteiger partial charge in [0.05, 0.1) is 40.1 Å². The number of pyridine rings is 1. The van der Waals surface area contributed by atoms with Gasteiger partial charge in [0.2, 0.25) is 17.4 Å². The van der Waals surface area contributed by atoms with Crippen molar-refractivity contribution >= 4 is 45.7 Å². The third-order valence-electron chi connectivity index (χ3n) is 10.9. The number of piperazine rings is 1. The van der Waals surface area contributed by atoms with E-state index in [1.54, 1.807) is 17.5 Å². The Balaban J connectivity index is 0.852. The van der Waals surface area contributed by atoms with Crippen LogP contribution < -0.4 is 20.4 Å². The van der Waals surface area contributed by atoms with Crippen molar-refractivity contribution in [3.63, 3.8) is 0 Å². The van der Waals surface area contributed by atoms with Crippen LogP contribution in [0.25, 0.3) is 27.5 Å². The molecule has 1 unspecified atom stereocenters. The molecule has 1 aromatic carbocycles. The molecule has 3 fully saturated rings. The minimum Gasteiger partial charge on any atom is -0.382 e. The number of imide groups is 1. The third-order valence-corrected chi connectivity index (χ3v) is 11.9. The van der Waals surface area contributed by atoms with E-state index < -0.39 is 0 Å². The summed E-state index contributed by atoms with van der Waals surface area (Å²) in [5.74, 6) is 0.136. The first-order valence-corrected chi connectivity index (χ1v) is 19.9. The molecule has 0 spiro atoms. The van der Waals surface area contributed by atoms with Crippen molar-refractivity contribution in [2.24, 2.45) is 5.92 Å². The van der Waals surface area contributed by atoms with E-state index >= 15 is 0 Å². The first-order valence-electron chi connectivity index (χ1n) is 19.0. The van der Waals surface area contributed by atoms with Gasteiger partial charge in [0, 0.05) is 69.4 Å². The molecule has 5 aromatic rings. The summed E-state index contributed by atoms with van der Waals surface area (Å²) >= 11 is 1.63. The second-order valence-corrected chi connectivity index (χ2v) is 15.6. The Morgan fingerprint density at radius 1 is 0.981 bits per heavy atom. The van der Waals surface area contributed by atoms with Gasteiger partial charge in [-0.3, -0.25) is 24.8 Å². The Labute approximate surface area is 319 Å². The molecular formula is C40H45N11O2S. The van der Waals surface area contributed by atoms with Crippen LogP contribution in [0.4, 0.5) is 16.5 Å². The number of benzene rings is 1. The molecule has 1 aliphatic carbocycles. The molecule has 2 saturated heterocycles. The minimum atomic E-state index is -0.302. The van der Waals surface area contributed by atoms with Crippen molar-refractivity contribution in [2.45, 2.75) is 57.4 Å². The van der Waals surface area contributed by atoms with Gasteiger partial charge in [-0.05, 0) is 80.0 Å². The molecule has 13 nitrogen and oxygen atoms in total. The van der Waals surface area contributed by atoms with Gasteiger partial charge in [0.25, 0.3) is 0 Å². The zero-order chi connectivity index (χ0) is 37.0. The van der Waals surface area contributed by atoms with Crippen LogP contribution in [-0.4, -0.2) is 93.9 Å². The Morgan fingerprint density at radius 3 is 2.50 bits per heavy atom. The zero-order valence-corrected chi connectivity index (χ0v) is 31.3. The number of amides is 2. The van der Waals surface area contributed by atoms with Crippen molar-refractivity contribution in [1.29, 1.82) is 5.26 Å². The van der Waals surface area contributed by atoms with E-state index in [-0.39, 0.29) is 11.8 Å².